The summed E-state index contributed by atoms with van der Waals surface area (Å²) in [7, 11) is 0. The summed E-state index contributed by atoms with van der Waals surface area (Å²) in [6.45, 7) is 10.1. The third-order valence-electron chi connectivity index (χ3n) is 4.10. The van der Waals surface area contributed by atoms with E-state index in [0.717, 1.165) is 18.4 Å². The van der Waals surface area contributed by atoms with E-state index in [1.165, 1.54) is 12.8 Å². The summed E-state index contributed by atoms with van der Waals surface area (Å²) < 4.78 is 6.14. The van der Waals surface area contributed by atoms with Crippen LogP contribution < -0.4 is 5.32 Å². The molecular formula is C12H23NO. The van der Waals surface area contributed by atoms with Crippen LogP contribution in [0.4, 0.5) is 0 Å². The van der Waals surface area contributed by atoms with Gasteiger partial charge in [0.2, 0.25) is 0 Å². The molecule has 0 aromatic heterocycles. The molecule has 1 spiro atoms. The molecule has 14 heavy (non-hydrogen) atoms. The minimum atomic E-state index is 0.195. The largest absolute Gasteiger partial charge is 0.369 e. The van der Waals surface area contributed by atoms with E-state index >= 15 is 0 Å². The van der Waals surface area contributed by atoms with E-state index in [9.17, 15) is 0 Å². The second kappa shape index (κ2) is 3.49. The van der Waals surface area contributed by atoms with Gasteiger partial charge in [0, 0.05) is 12.6 Å². The lowest BCUT2D eigenvalue weighted by molar-refractivity contribution is -0.191. The Balaban J connectivity index is 1.89. The third-order valence-corrected chi connectivity index (χ3v) is 4.10. The summed E-state index contributed by atoms with van der Waals surface area (Å²) in [5, 5.41) is 3.56. The van der Waals surface area contributed by atoms with Gasteiger partial charge in [-0.3, -0.25) is 0 Å². The Labute approximate surface area is 87.4 Å². The topological polar surface area (TPSA) is 21.3 Å². The maximum Gasteiger partial charge on any atom is 0.0816 e. The molecule has 0 amide bonds. The predicted molar refractivity (Wildman–Crippen MR) is 58.3 cm³/mol. The minimum Gasteiger partial charge on any atom is -0.369 e. The van der Waals surface area contributed by atoms with E-state index < -0.39 is 0 Å². The first-order valence-electron chi connectivity index (χ1n) is 5.94. The van der Waals surface area contributed by atoms with Crippen molar-refractivity contribution in [3.05, 3.63) is 0 Å². The zero-order chi connectivity index (χ0) is 10.3. The molecule has 2 aliphatic rings. The Morgan fingerprint density at radius 2 is 1.93 bits per heavy atom. The molecule has 82 valence electrons. The molecule has 0 radical (unpaired) electrons. The summed E-state index contributed by atoms with van der Waals surface area (Å²) in [4.78, 5) is 0. The number of hydrogen-bond donors (Lipinski definition) is 1. The Bertz CT molecular complexity index is 208. The van der Waals surface area contributed by atoms with Crippen LogP contribution in [0.2, 0.25) is 0 Å². The molecule has 2 unspecified atom stereocenters. The lowest BCUT2D eigenvalue weighted by Gasteiger charge is -2.54. The van der Waals surface area contributed by atoms with E-state index in [1.54, 1.807) is 0 Å². The number of morpholine rings is 1. The fraction of sp³-hybridized carbons (Fsp3) is 1.00. The SMILES string of the molecule is CC(C)C1CC2(CNC(C)C(C)O2)C1. The van der Waals surface area contributed by atoms with Gasteiger partial charge in [-0.15, -0.1) is 0 Å². The molecule has 2 atom stereocenters. The molecule has 2 rings (SSSR count). The average molecular weight is 197 g/mol. The lowest BCUT2D eigenvalue weighted by Crippen LogP contribution is -2.63. The van der Waals surface area contributed by atoms with Crippen molar-refractivity contribution in [1.82, 2.24) is 5.32 Å². The zero-order valence-corrected chi connectivity index (χ0v) is 9.84. The van der Waals surface area contributed by atoms with Crippen LogP contribution in [0.3, 0.4) is 0 Å². The van der Waals surface area contributed by atoms with Crippen molar-refractivity contribution in [3.63, 3.8) is 0 Å². The van der Waals surface area contributed by atoms with Crippen molar-refractivity contribution in [2.45, 2.75) is 58.3 Å². The maximum atomic E-state index is 6.14. The number of hydrogen-bond acceptors (Lipinski definition) is 2. The Morgan fingerprint density at radius 1 is 1.29 bits per heavy atom. The first-order chi connectivity index (χ1) is 6.52. The van der Waals surface area contributed by atoms with Gasteiger partial charge in [-0.1, -0.05) is 13.8 Å². The highest BCUT2D eigenvalue weighted by Gasteiger charge is 2.49. The molecule has 0 aromatic rings. The average Bonchev–Trinajstić information content (AvgIpc) is 2.05. The fourth-order valence-corrected chi connectivity index (χ4v) is 2.66. The summed E-state index contributed by atoms with van der Waals surface area (Å²) in [5.74, 6) is 1.70. The Hall–Kier alpha value is -0.0800. The van der Waals surface area contributed by atoms with E-state index in [-0.39, 0.29) is 5.60 Å². The molecular weight excluding hydrogens is 174 g/mol. The van der Waals surface area contributed by atoms with E-state index in [0.29, 0.717) is 12.1 Å². The Kier molecular flexibility index (Phi) is 2.61. The fourth-order valence-electron chi connectivity index (χ4n) is 2.66. The molecule has 1 saturated carbocycles. The molecule has 2 fully saturated rings. The van der Waals surface area contributed by atoms with E-state index in [1.807, 2.05) is 0 Å². The second-order valence-corrected chi connectivity index (χ2v) is 5.59. The second-order valence-electron chi connectivity index (χ2n) is 5.59. The predicted octanol–water partition coefficient (Wildman–Crippen LogP) is 2.19. The van der Waals surface area contributed by atoms with E-state index in [4.69, 9.17) is 4.74 Å². The normalized spacial score (nSPS) is 48.2. The van der Waals surface area contributed by atoms with Crippen LogP contribution in [0.5, 0.6) is 0 Å². The highest BCUT2D eigenvalue weighted by atomic mass is 16.5. The molecule has 1 saturated heterocycles. The summed E-state index contributed by atoms with van der Waals surface area (Å²) in [6, 6.07) is 0.513. The quantitative estimate of drug-likeness (QED) is 0.695. The van der Waals surface area contributed by atoms with Gasteiger partial charge < -0.3 is 10.1 Å². The lowest BCUT2D eigenvalue weighted by atomic mass is 9.65. The number of ether oxygens (including phenoxy) is 1. The highest BCUT2D eigenvalue weighted by molar-refractivity contribution is 5.02. The summed E-state index contributed by atoms with van der Waals surface area (Å²) in [5.41, 5.74) is 0.195. The van der Waals surface area contributed by atoms with Gasteiger partial charge in [0.25, 0.3) is 0 Å². The number of rotatable bonds is 1. The minimum absolute atomic E-state index is 0.195. The summed E-state index contributed by atoms with van der Waals surface area (Å²) >= 11 is 0. The molecule has 2 nitrogen and oxygen atoms in total. The van der Waals surface area contributed by atoms with Crippen molar-refractivity contribution in [2.75, 3.05) is 6.54 Å². The molecule has 1 aliphatic heterocycles. The van der Waals surface area contributed by atoms with Crippen LogP contribution in [0.25, 0.3) is 0 Å². The van der Waals surface area contributed by atoms with Crippen LogP contribution in [0.1, 0.15) is 40.5 Å². The van der Waals surface area contributed by atoms with Gasteiger partial charge in [-0.05, 0) is 38.5 Å². The van der Waals surface area contributed by atoms with Crippen LogP contribution in [0.15, 0.2) is 0 Å². The van der Waals surface area contributed by atoms with Crippen LogP contribution >= 0.6 is 0 Å². The van der Waals surface area contributed by atoms with Crippen molar-refractivity contribution in [2.24, 2.45) is 11.8 Å². The van der Waals surface area contributed by atoms with Crippen molar-refractivity contribution in [3.8, 4) is 0 Å². The van der Waals surface area contributed by atoms with Gasteiger partial charge in [-0.25, -0.2) is 0 Å². The van der Waals surface area contributed by atoms with Gasteiger partial charge in [0.05, 0.1) is 11.7 Å². The highest BCUT2D eigenvalue weighted by Crippen LogP contribution is 2.46. The van der Waals surface area contributed by atoms with Crippen molar-refractivity contribution in [1.29, 1.82) is 0 Å². The smallest absolute Gasteiger partial charge is 0.0816 e. The van der Waals surface area contributed by atoms with Crippen molar-refractivity contribution < 1.29 is 4.74 Å². The first kappa shape index (κ1) is 10.4. The van der Waals surface area contributed by atoms with Gasteiger partial charge in [0.1, 0.15) is 0 Å². The molecule has 0 aromatic carbocycles. The number of nitrogens with one attached hydrogen (secondary N) is 1. The Morgan fingerprint density at radius 3 is 2.43 bits per heavy atom. The third kappa shape index (κ3) is 1.70. The summed E-state index contributed by atoms with van der Waals surface area (Å²) in [6.07, 6.45) is 2.89. The maximum absolute atomic E-state index is 6.14. The van der Waals surface area contributed by atoms with E-state index in [2.05, 4.69) is 33.0 Å². The van der Waals surface area contributed by atoms with Gasteiger partial charge >= 0.3 is 0 Å². The standard InChI is InChI=1S/C12H23NO/c1-8(2)11-5-12(6-11)7-13-9(3)10(4)14-12/h8-11,13H,5-7H2,1-4H3. The molecule has 1 aliphatic carbocycles. The molecule has 2 heteroatoms. The van der Waals surface area contributed by atoms with Crippen LogP contribution in [-0.2, 0) is 4.74 Å². The van der Waals surface area contributed by atoms with Crippen LogP contribution in [0, 0.1) is 11.8 Å². The van der Waals surface area contributed by atoms with Gasteiger partial charge in [-0.2, -0.15) is 0 Å². The van der Waals surface area contributed by atoms with Crippen LogP contribution in [-0.4, -0.2) is 24.3 Å². The van der Waals surface area contributed by atoms with Gasteiger partial charge in [0.15, 0.2) is 0 Å². The monoisotopic (exact) mass is 197 g/mol. The van der Waals surface area contributed by atoms with Crippen molar-refractivity contribution >= 4 is 0 Å². The molecule has 1 N–H and O–H groups in total. The first-order valence-corrected chi connectivity index (χ1v) is 5.94. The molecule has 1 heterocycles. The zero-order valence-electron chi connectivity index (χ0n) is 9.84. The molecule has 0 bridgehead atoms.